The molecule has 1 saturated carbocycles. The molecular weight excluding hydrogens is 260 g/mol. The number of rotatable bonds is 6. The molecule has 0 aliphatic heterocycles. The zero-order chi connectivity index (χ0) is 13.8. The van der Waals surface area contributed by atoms with Crippen molar-refractivity contribution in [2.24, 2.45) is 11.7 Å². The van der Waals surface area contributed by atoms with Crippen LogP contribution >= 0.6 is 11.6 Å². The normalized spacial score (nSPS) is 17.8. The van der Waals surface area contributed by atoms with E-state index in [0.29, 0.717) is 17.4 Å². The van der Waals surface area contributed by atoms with E-state index in [9.17, 15) is 4.79 Å². The second-order valence-corrected chi connectivity index (χ2v) is 5.72. The van der Waals surface area contributed by atoms with E-state index in [1.807, 2.05) is 24.3 Å². The van der Waals surface area contributed by atoms with Gasteiger partial charge in [0.05, 0.1) is 6.04 Å². The average molecular weight is 281 g/mol. The highest BCUT2D eigenvalue weighted by Crippen LogP contribution is 2.32. The highest BCUT2D eigenvalue weighted by Gasteiger charge is 2.30. The Hall–Kier alpha value is -1.06. The molecule has 2 unspecified atom stereocenters. The lowest BCUT2D eigenvalue weighted by molar-refractivity contribution is -0.122. The number of hydrogen-bond donors (Lipinski definition) is 2. The fourth-order valence-electron chi connectivity index (χ4n) is 2.27. The van der Waals surface area contributed by atoms with E-state index < -0.39 is 0 Å². The Bertz CT molecular complexity index is 428. The monoisotopic (exact) mass is 280 g/mol. The standard InChI is InChI=1S/C15H21ClN2O/c1-2-14(11-5-7-12(16)8-6-11)18-15(19)9-13(17)10-3-4-10/h5-8,10,13-14H,2-4,9,17H2,1H3,(H,18,19). The van der Waals surface area contributed by atoms with Gasteiger partial charge < -0.3 is 11.1 Å². The third-order valence-electron chi connectivity index (χ3n) is 3.66. The van der Waals surface area contributed by atoms with E-state index in [1.54, 1.807) is 0 Å². The molecule has 104 valence electrons. The SMILES string of the molecule is CCC(NC(=O)CC(N)C1CC1)c1ccc(Cl)cc1. The lowest BCUT2D eigenvalue weighted by Gasteiger charge is -2.19. The molecule has 0 bridgehead atoms. The summed E-state index contributed by atoms with van der Waals surface area (Å²) in [4.78, 5) is 12.0. The van der Waals surface area contributed by atoms with Crippen molar-refractivity contribution in [3.63, 3.8) is 0 Å². The summed E-state index contributed by atoms with van der Waals surface area (Å²) >= 11 is 5.87. The first-order valence-corrected chi connectivity index (χ1v) is 7.28. The molecule has 1 aromatic rings. The van der Waals surface area contributed by atoms with Crippen LogP contribution in [-0.2, 0) is 4.79 Å². The second kappa shape index (κ2) is 6.40. The smallest absolute Gasteiger partial charge is 0.222 e. The molecule has 2 rings (SSSR count). The van der Waals surface area contributed by atoms with Crippen molar-refractivity contribution < 1.29 is 4.79 Å². The van der Waals surface area contributed by atoms with E-state index in [-0.39, 0.29) is 18.0 Å². The number of benzene rings is 1. The summed E-state index contributed by atoms with van der Waals surface area (Å²) in [7, 11) is 0. The second-order valence-electron chi connectivity index (χ2n) is 5.29. The molecule has 0 radical (unpaired) electrons. The highest BCUT2D eigenvalue weighted by atomic mass is 35.5. The molecule has 2 atom stereocenters. The van der Waals surface area contributed by atoms with E-state index in [0.717, 1.165) is 12.0 Å². The maximum absolute atomic E-state index is 12.0. The van der Waals surface area contributed by atoms with Crippen LogP contribution in [0.1, 0.15) is 44.2 Å². The van der Waals surface area contributed by atoms with Gasteiger partial charge in [0, 0.05) is 17.5 Å². The number of carbonyl (C=O) groups excluding carboxylic acids is 1. The lowest BCUT2D eigenvalue weighted by atomic mass is 10.0. The van der Waals surface area contributed by atoms with Crippen molar-refractivity contribution in [1.29, 1.82) is 0 Å². The first-order valence-electron chi connectivity index (χ1n) is 6.90. The van der Waals surface area contributed by atoms with Crippen molar-refractivity contribution in [3.8, 4) is 0 Å². The zero-order valence-corrected chi connectivity index (χ0v) is 12.0. The molecule has 1 aliphatic carbocycles. The van der Waals surface area contributed by atoms with Crippen LogP contribution in [0.25, 0.3) is 0 Å². The fourth-order valence-corrected chi connectivity index (χ4v) is 2.40. The van der Waals surface area contributed by atoms with Crippen LogP contribution in [0.4, 0.5) is 0 Å². The molecule has 3 N–H and O–H groups in total. The molecule has 0 heterocycles. The summed E-state index contributed by atoms with van der Waals surface area (Å²) in [5, 5.41) is 3.76. The molecule has 0 aromatic heterocycles. The first kappa shape index (κ1) is 14.4. The molecular formula is C15H21ClN2O. The zero-order valence-electron chi connectivity index (χ0n) is 11.2. The summed E-state index contributed by atoms with van der Waals surface area (Å²) in [6.45, 7) is 2.06. The lowest BCUT2D eigenvalue weighted by Crippen LogP contribution is -2.34. The van der Waals surface area contributed by atoms with E-state index in [1.165, 1.54) is 12.8 Å². The number of amides is 1. The number of nitrogens with two attached hydrogens (primary N) is 1. The Morgan fingerprint density at radius 3 is 2.58 bits per heavy atom. The van der Waals surface area contributed by atoms with Gasteiger partial charge in [0.2, 0.25) is 5.91 Å². The van der Waals surface area contributed by atoms with Crippen molar-refractivity contribution >= 4 is 17.5 Å². The van der Waals surface area contributed by atoms with Gasteiger partial charge in [-0.15, -0.1) is 0 Å². The Balaban J connectivity index is 1.90. The predicted molar refractivity (Wildman–Crippen MR) is 77.9 cm³/mol. The summed E-state index contributed by atoms with van der Waals surface area (Å²) in [6.07, 6.45) is 3.62. The van der Waals surface area contributed by atoms with Crippen LogP contribution in [0, 0.1) is 5.92 Å². The van der Waals surface area contributed by atoms with E-state index >= 15 is 0 Å². The molecule has 1 aromatic carbocycles. The minimum absolute atomic E-state index is 0.0164. The Morgan fingerprint density at radius 1 is 1.42 bits per heavy atom. The van der Waals surface area contributed by atoms with E-state index in [2.05, 4.69) is 12.2 Å². The topological polar surface area (TPSA) is 55.1 Å². The van der Waals surface area contributed by atoms with Gasteiger partial charge >= 0.3 is 0 Å². The number of halogens is 1. The van der Waals surface area contributed by atoms with Crippen LogP contribution in [0.2, 0.25) is 5.02 Å². The van der Waals surface area contributed by atoms with Gasteiger partial charge in [0.15, 0.2) is 0 Å². The third-order valence-corrected chi connectivity index (χ3v) is 3.92. The molecule has 1 aliphatic rings. The Labute approximate surface area is 119 Å². The van der Waals surface area contributed by atoms with Gasteiger partial charge in [-0.3, -0.25) is 4.79 Å². The van der Waals surface area contributed by atoms with Gasteiger partial charge in [-0.2, -0.15) is 0 Å². The van der Waals surface area contributed by atoms with Crippen LogP contribution in [-0.4, -0.2) is 11.9 Å². The van der Waals surface area contributed by atoms with Crippen LogP contribution in [0.5, 0.6) is 0 Å². The fraction of sp³-hybridized carbons (Fsp3) is 0.533. The summed E-state index contributed by atoms with van der Waals surface area (Å²) in [5.41, 5.74) is 7.06. The highest BCUT2D eigenvalue weighted by molar-refractivity contribution is 6.30. The quantitative estimate of drug-likeness (QED) is 0.841. The van der Waals surface area contributed by atoms with Gasteiger partial charge in [0.25, 0.3) is 0 Å². The summed E-state index contributed by atoms with van der Waals surface area (Å²) in [5.74, 6) is 0.600. The van der Waals surface area contributed by atoms with Gasteiger partial charge in [-0.05, 0) is 42.9 Å². The van der Waals surface area contributed by atoms with Crippen molar-refractivity contribution in [3.05, 3.63) is 34.9 Å². The predicted octanol–water partition coefficient (Wildman–Crippen LogP) is 3.03. The molecule has 4 heteroatoms. The minimum atomic E-state index is 0.0164. The molecule has 3 nitrogen and oxygen atoms in total. The maximum atomic E-state index is 12.0. The molecule has 19 heavy (non-hydrogen) atoms. The number of nitrogens with one attached hydrogen (secondary N) is 1. The largest absolute Gasteiger partial charge is 0.349 e. The maximum Gasteiger partial charge on any atom is 0.222 e. The van der Waals surface area contributed by atoms with Crippen molar-refractivity contribution in [2.75, 3.05) is 0 Å². The number of hydrogen-bond acceptors (Lipinski definition) is 2. The molecule has 0 saturated heterocycles. The van der Waals surface area contributed by atoms with E-state index in [4.69, 9.17) is 17.3 Å². The van der Waals surface area contributed by atoms with Crippen LogP contribution < -0.4 is 11.1 Å². The Morgan fingerprint density at radius 2 is 2.05 bits per heavy atom. The molecule has 0 spiro atoms. The van der Waals surface area contributed by atoms with Gasteiger partial charge in [-0.1, -0.05) is 30.7 Å². The minimum Gasteiger partial charge on any atom is -0.349 e. The molecule has 1 fully saturated rings. The van der Waals surface area contributed by atoms with Crippen molar-refractivity contribution in [2.45, 2.75) is 44.7 Å². The third kappa shape index (κ3) is 4.22. The Kier molecular flexibility index (Phi) is 4.83. The van der Waals surface area contributed by atoms with Gasteiger partial charge in [0.1, 0.15) is 0 Å². The van der Waals surface area contributed by atoms with Gasteiger partial charge in [-0.25, -0.2) is 0 Å². The number of carbonyl (C=O) groups is 1. The van der Waals surface area contributed by atoms with Crippen molar-refractivity contribution in [1.82, 2.24) is 5.32 Å². The summed E-state index contributed by atoms with van der Waals surface area (Å²) < 4.78 is 0. The average Bonchev–Trinajstić information content (AvgIpc) is 3.21. The first-order chi connectivity index (χ1) is 9.10. The molecule has 1 amide bonds. The summed E-state index contributed by atoms with van der Waals surface area (Å²) in [6, 6.07) is 7.66. The van der Waals surface area contributed by atoms with Crippen LogP contribution in [0.3, 0.4) is 0 Å². The van der Waals surface area contributed by atoms with Crippen LogP contribution in [0.15, 0.2) is 24.3 Å².